The van der Waals surface area contributed by atoms with E-state index in [1.54, 1.807) is 18.2 Å². The summed E-state index contributed by atoms with van der Waals surface area (Å²) in [6, 6.07) is 5.21. The summed E-state index contributed by atoms with van der Waals surface area (Å²) in [5.41, 5.74) is 0.724. The standard InChI is InChI=1S/C13H15Cl2N3O/c1-8(2)6-18-12(7-19)16-17-13(18)10-5-9(14)3-4-11(10)15/h3-5,8,19H,6-7H2,1-2H3. The minimum absolute atomic E-state index is 0.155. The van der Waals surface area contributed by atoms with Gasteiger partial charge in [0.05, 0.1) is 5.02 Å². The molecule has 0 saturated carbocycles. The van der Waals surface area contributed by atoms with Crippen LogP contribution in [0.25, 0.3) is 11.4 Å². The molecule has 1 N–H and O–H groups in total. The van der Waals surface area contributed by atoms with Crippen molar-refractivity contribution in [1.82, 2.24) is 14.8 Å². The second-order valence-corrected chi connectivity index (χ2v) is 5.57. The number of aliphatic hydroxyl groups excluding tert-OH is 1. The van der Waals surface area contributed by atoms with Gasteiger partial charge in [-0.05, 0) is 24.1 Å². The highest BCUT2D eigenvalue weighted by Gasteiger charge is 2.16. The minimum atomic E-state index is -0.155. The molecular formula is C13H15Cl2N3O. The highest BCUT2D eigenvalue weighted by Crippen LogP contribution is 2.30. The van der Waals surface area contributed by atoms with E-state index in [0.29, 0.717) is 34.2 Å². The average Bonchev–Trinajstić information content (AvgIpc) is 2.74. The minimum Gasteiger partial charge on any atom is -0.388 e. The monoisotopic (exact) mass is 299 g/mol. The van der Waals surface area contributed by atoms with Gasteiger partial charge in [-0.25, -0.2) is 0 Å². The van der Waals surface area contributed by atoms with Crippen molar-refractivity contribution in [3.8, 4) is 11.4 Å². The average molecular weight is 300 g/mol. The number of nitrogens with zero attached hydrogens (tertiary/aromatic N) is 3. The van der Waals surface area contributed by atoms with Gasteiger partial charge < -0.3 is 9.67 Å². The molecule has 0 bridgehead atoms. The van der Waals surface area contributed by atoms with E-state index in [1.165, 1.54) is 0 Å². The first-order valence-corrected chi connectivity index (χ1v) is 6.77. The van der Waals surface area contributed by atoms with Crippen molar-refractivity contribution in [3.63, 3.8) is 0 Å². The number of hydrogen-bond acceptors (Lipinski definition) is 3. The molecule has 1 aromatic carbocycles. The van der Waals surface area contributed by atoms with E-state index >= 15 is 0 Å². The molecule has 0 aliphatic carbocycles. The molecule has 0 fully saturated rings. The fourth-order valence-electron chi connectivity index (χ4n) is 1.88. The van der Waals surface area contributed by atoms with E-state index in [4.69, 9.17) is 23.2 Å². The van der Waals surface area contributed by atoms with Crippen LogP contribution in [0.15, 0.2) is 18.2 Å². The van der Waals surface area contributed by atoms with Crippen LogP contribution in [0.1, 0.15) is 19.7 Å². The smallest absolute Gasteiger partial charge is 0.165 e. The Kier molecular flexibility index (Phi) is 4.45. The number of halogens is 2. The number of benzene rings is 1. The molecule has 2 aromatic rings. The fraction of sp³-hybridized carbons (Fsp3) is 0.385. The van der Waals surface area contributed by atoms with Gasteiger partial charge in [0.25, 0.3) is 0 Å². The van der Waals surface area contributed by atoms with Crippen molar-refractivity contribution in [3.05, 3.63) is 34.1 Å². The molecule has 0 saturated heterocycles. The van der Waals surface area contributed by atoms with Crippen LogP contribution in [0.4, 0.5) is 0 Å². The number of hydrogen-bond donors (Lipinski definition) is 1. The summed E-state index contributed by atoms with van der Waals surface area (Å²) in [6.45, 7) is 4.73. The lowest BCUT2D eigenvalue weighted by molar-refractivity contribution is 0.262. The SMILES string of the molecule is CC(C)Cn1c(CO)nnc1-c1cc(Cl)ccc1Cl. The number of aliphatic hydroxyl groups is 1. The van der Waals surface area contributed by atoms with Crippen LogP contribution in [0.3, 0.4) is 0 Å². The second kappa shape index (κ2) is 5.90. The molecule has 0 aliphatic heterocycles. The van der Waals surface area contributed by atoms with E-state index in [9.17, 15) is 5.11 Å². The Bertz CT molecular complexity index is 581. The molecule has 0 radical (unpaired) electrons. The molecule has 0 spiro atoms. The number of aromatic nitrogens is 3. The molecule has 19 heavy (non-hydrogen) atoms. The van der Waals surface area contributed by atoms with Gasteiger partial charge in [0.1, 0.15) is 6.61 Å². The van der Waals surface area contributed by atoms with Crippen LogP contribution in [0.2, 0.25) is 10.0 Å². The van der Waals surface area contributed by atoms with Gasteiger partial charge in [0, 0.05) is 17.1 Å². The van der Waals surface area contributed by atoms with Gasteiger partial charge >= 0.3 is 0 Å². The molecule has 0 aliphatic rings. The molecule has 6 heteroatoms. The summed E-state index contributed by atoms with van der Waals surface area (Å²) in [4.78, 5) is 0. The van der Waals surface area contributed by atoms with Crippen molar-refractivity contribution in [2.45, 2.75) is 27.0 Å². The maximum atomic E-state index is 9.33. The maximum Gasteiger partial charge on any atom is 0.165 e. The molecule has 2 rings (SSSR count). The van der Waals surface area contributed by atoms with Crippen molar-refractivity contribution < 1.29 is 5.11 Å². The normalized spacial score (nSPS) is 11.3. The molecule has 0 atom stereocenters. The van der Waals surface area contributed by atoms with Gasteiger partial charge in [-0.2, -0.15) is 0 Å². The molecule has 1 aromatic heterocycles. The lowest BCUT2D eigenvalue weighted by atomic mass is 10.2. The van der Waals surface area contributed by atoms with Crippen molar-refractivity contribution >= 4 is 23.2 Å². The van der Waals surface area contributed by atoms with Gasteiger partial charge in [0.15, 0.2) is 11.6 Å². The zero-order chi connectivity index (χ0) is 14.0. The van der Waals surface area contributed by atoms with Crippen LogP contribution in [-0.2, 0) is 13.2 Å². The van der Waals surface area contributed by atoms with Crippen LogP contribution >= 0.6 is 23.2 Å². The first-order chi connectivity index (χ1) is 9.02. The van der Waals surface area contributed by atoms with Crippen LogP contribution in [0.5, 0.6) is 0 Å². The Balaban J connectivity index is 2.55. The summed E-state index contributed by atoms with van der Waals surface area (Å²) in [6.07, 6.45) is 0. The van der Waals surface area contributed by atoms with E-state index in [0.717, 1.165) is 5.56 Å². The summed E-state index contributed by atoms with van der Waals surface area (Å²) in [5.74, 6) is 1.56. The van der Waals surface area contributed by atoms with Crippen molar-refractivity contribution in [1.29, 1.82) is 0 Å². The Morgan fingerprint density at radius 3 is 2.63 bits per heavy atom. The second-order valence-electron chi connectivity index (χ2n) is 4.73. The lowest BCUT2D eigenvalue weighted by Crippen LogP contribution is -2.10. The zero-order valence-electron chi connectivity index (χ0n) is 10.8. The van der Waals surface area contributed by atoms with Gasteiger partial charge in [-0.1, -0.05) is 37.0 Å². The molecule has 1 heterocycles. The Labute approximate surface area is 122 Å². The van der Waals surface area contributed by atoms with E-state index in [1.807, 2.05) is 4.57 Å². The third-order valence-electron chi connectivity index (χ3n) is 2.69. The molecule has 4 nitrogen and oxygen atoms in total. The van der Waals surface area contributed by atoms with E-state index in [2.05, 4.69) is 24.0 Å². The zero-order valence-corrected chi connectivity index (χ0v) is 12.3. The van der Waals surface area contributed by atoms with Crippen LogP contribution < -0.4 is 0 Å². The lowest BCUT2D eigenvalue weighted by Gasteiger charge is -2.12. The maximum absolute atomic E-state index is 9.33. The predicted octanol–water partition coefficient (Wildman–Crippen LogP) is 3.40. The molecular weight excluding hydrogens is 285 g/mol. The topological polar surface area (TPSA) is 50.9 Å². The number of rotatable bonds is 4. The van der Waals surface area contributed by atoms with Crippen LogP contribution in [0, 0.1) is 5.92 Å². The molecule has 0 unspecified atom stereocenters. The largest absolute Gasteiger partial charge is 0.388 e. The van der Waals surface area contributed by atoms with E-state index in [-0.39, 0.29) is 6.61 Å². The molecule has 0 amide bonds. The third-order valence-corrected chi connectivity index (χ3v) is 3.25. The fourth-order valence-corrected chi connectivity index (χ4v) is 2.25. The Morgan fingerprint density at radius 1 is 1.26 bits per heavy atom. The summed E-state index contributed by atoms with van der Waals surface area (Å²) in [7, 11) is 0. The Hall–Kier alpha value is -1.10. The third kappa shape index (κ3) is 3.08. The van der Waals surface area contributed by atoms with Gasteiger partial charge in [-0.3, -0.25) is 0 Å². The van der Waals surface area contributed by atoms with E-state index < -0.39 is 0 Å². The van der Waals surface area contributed by atoms with Gasteiger partial charge in [0.2, 0.25) is 0 Å². The van der Waals surface area contributed by atoms with Crippen molar-refractivity contribution in [2.75, 3.05) is 0 Å². The first-order valence-electron chi connectivity index (χ1n) is 6.01. The molecule has 102 valence electrons. The summed E-state index contributed by atoms with van der Waals surface area (Å²) in [5, 5.41) is 18.6. The summed E-state index contributed by atoms with van der Waals surface area (Å²) < 4.78 is 1.88. The summed E-state index contributed by atoms with van der Waals surface area (Å²) >= 11 is 12.2. The van der Waals surface area contributed by atoms with Gasteiger partial charge in [-0.15, -0.1) is 10.2 Å². The Morgan fingerprint density at radius 2 is 2.00 bits per heavy atom. The predicted molar refractivity (Wildman–Crippen MR) is 76.2 cm³/mol. The van der Waals surface area contributed by atoms with Crippen LogP contribution in [-0.4, -0.2) is 19.9 Å². The highest BCUT2D eigenvalue weighted by atomic mass is 35.5. The van der Waals surface area contributed by atoms with Crippen molar-refractivity contribution in [2.24, 2.45) is 5.92 Å². The quantitative estimate of drug-likeness (QED) is 0.941. The highest BCUT2D eigenvalue weighted by molar-refractivity contribution is 6.35. The first kappa shape index (κ1) is 14.3.